The average Bonchev–Trinajstić information content (AvgIpc) is 3.18. The molecule has 1 saturated carbocycles. The second kappa shape index (κ2) is 5.93. The largest absolute Gasteiger partial charge is 0.342 e. The van der Waals surface area contributed by atoms with Crippen LogP contribution in [-0.4, -0.2) is 47.8 Å². The quantitative estimate of drug-likeness (QED) is 0.854. The minimum Gasteiger partial charge on any atom is -0.342 e. The maximum absolute atomic E-state index is 12.9. The predicted octanol–water partition coefficient (Wildman–Crippen LogP) is 3.00. The molecule has 2 amide bonds. The number of hydrogen-bond donors (Lipinski definition) is 0. The van der Waals surface area contributed by atoms with Gasteiger partial charge >= 0.3 is 0 Å². The van der Waals surface area contributed by atoms with E-state index >= 15 is 0 Å². The van der Waals surface area contributed by atoms with Gasteiger partial charge in [0.15, 0.2) is 0 Å². The molecule has 23 heavy (non-hydrogen) atoms. The van der Waals surface area contributed by atoms with Crippen LogP contribution in [0.15, 0.2) is 17.5 Å². The van der Waals surface area contributed by atoms with E-state index in [1.807, 2.05) is 22.4 Å². The molecule has 3 aliphatic rings. The van der Waals surface area contributed by atoms with Crippen LogP contribution in [0.2, 0.25) is 0 Å². The molecule has 5 heteroatoms. The van der Waals surface area contributed by atoms with Crippen molar-refractivity contribution in [1.82, 2.24) is 9.80 Å². The highest BCUT2D eigenvalue weighted by Gasteiger charge is 2.48. The summed E-state index contributed by atoms with van der Waals surface area (Å²) in [6, 6.07) is 3.82. The Morgan fingerprint density at radius 2 is 2.04 bits per heavy atom. The van der Waals surface area contributed by atoms with Crippen LogP contribution in [0.4, 0.5) is 0 Å². The van der Waals surface area contributed by atoms with E-state index in [0.29, 0.717) is 5.91 Å². The molecule has 0 N–H and O–H groups in total. The Labute approximate surface area is 141 Å². The second-order valence-corrected chi connectivity index (χ2v) is 8.30. The van der Waals surface area contributed by atoms with Crippen LogP contribution in [0.5, 0.6) is 0 Å². The Morgan fingerprint density at radius 1 is 1.22 bits per heavy atom. The molecule has 0 bridgehead atoms. The van der Waals surface area contributed by atoms with Crippen molar-refractivity contribution in [2.45, 2.75) is 38.5 Å². The average molecular weight is 332 g/mol. The van der Waals surface area contributed by atoms with Gasteiger partial charge in [-0.15, -0.1) is 11.3 Å². The maximum Gasteiger partial charge on any atom is 0.263 e. The Kier molecular flexibility index (Phi) is 3.92. The van der Waals surface area contributed by atoms with Crippen LogP contribution in [0.25, 0.3) is 0 Å². The molecule has 4 rings (SSSR count). The van der Waals surface area contributed by atoms with Crippen molar-refractivity contribution in [1.29, 1.82) is 0 Å². The normalized spacial score (nSPS) is 28.4. The van der Waals surface area contributed by atoms with Gasteiger partial charge in [-0.1, -0.05) is 6.07 Å². The van der Waals surface area contributed by atoms with Gasteiger partial charge in [0, 0.05) is 26.2 Å². The summed E-state index contributed by atoms with van der Waals surface area (Å²) < 4.78 is 0. The molecule has 4 nitrogen and oxygen atoms in total. The minimum atomic E-state index is -0.181. The highest BCUT2D eigenvalue weighted by molar-refractivity contribution is 7.12. The molecule has 0 radical (unpaired) electrons. The summed E-state index contributed by atoms with van der Waals surface area (Å²) in [5, 5.41) is 1.95. The third-order valence-electron chi connectivity index (χ3n) is 5.74. The van der Waals surface area contributed by atoms with Gasteiger partial charge in [0.2, 0.25) is 5.91 Å². The standard InChI is InChI=1S/C18H24N2O2S/c21-16(15-3-1-12-23-15)19-9-2-6-18(7-10-19)8-11-20(17(18)22)13-14-4-5-14/h1,3,12,14H,2,4-11,13H2. The summed E-state index contributed by atoms with van der Waals surface area (Å²) in [7, 11) is 0. The van der Waals surface area contributed by atoms with E-state index in [9.17, 15) is 9.59 Å². The zero-order valence-corrected chi connectivity index (χ0v) is 14.3. The van der Waals surface area contributed by atoms with E-state index in [1.54, 1.807) is 0 Å². The fourth-order valence-corrected chi connectivity index (χ4v) is 4.79. The van der Waals surface area contributed by atoms with E-state index in [0.717, 1.165) is 62.7 Å². The van der Waals surface area contributed by atoms with Gasteiger partial charge < -0.3 is 9.80 Å². The van der Waals surface area contributed by atoms with Gasteiger partial charge in [0.05, 0.1) is 10.3 Å². The molecule has 1 aliphatic carbocycles. The number of hydrogen-bond acceptors (Lipinski definition) is 3. The minimum absolute atomic E-state index is 0.136. The van der Waals surface area contributed by atoms with Gasteiger partial charge in [0.1, 0.15) is 0 Å². The van der Waals surface area contributed by atoms with Crippen LogP contribution in [0.3, 0.4) is 0 Å². The molecule has 1 aromatic rings. The fourth-order valence-electron chi connectivity index (χ4n) is 4.10. The first-order chi connectivity index (χ1) is 11.2. The summed E-state index contributed by atoms with van der Waals surface area (Å²) in [5.74, 6) is 1.27. The van der Waals surface area contributed by atoms with Crippen LogP contribution >= 0.6 is 11.3 Å². The number of nitrogens with zero attached hydrogens (tertiary/aromatic N) is 2. The van der Waals surface area contributed by atoms with Crippen molar-refractivity contribution < 1.29 is 9.59 Å². The lowest BCUT2D eigenvalue weighted by Crippen LogP contribution is -2.37. The third kappa shape index (κ3) is 2.91. The third-order valence-corrected chi connectivity index (χ3v) is 6.60. The monoisotopic (exact) mass is 332 g/mol. The zero-order chi connectivity index (χ0) is 15.9. The predicted molar refractivity (Wildman–Crippen MR) is 90.4 cm³/mol. The first-order valence-electron chi connectivity index (χ1n) is 8.80. The number of likely N-dealkylation sites (tertiary alicyclic amines) is 2. The number of carbonyl (C=O) groups is 2. The highest BCUT2D eigenvalue weighted by atomic mass is 32.1. The second-order valence-electron chi connectivity index (χ2n) is 7.35. The smallest absolute Gasteiger partial charge is 0.263 e. The van der Waals surface area contributed by atoms with Gasteiger partial charge in [0.25, 0.3) is 5.91 Å². The van der Waals surface area contributed by atoms with Crippen LogP contribution in [0, 0.1) is 11.3 Å². The molecule has 1 unspecified atom stereocenters. The number of carbonyl (C=O) groups excluding carboxylic acids is 2. The summed E-state index contributed by atoms with van der Waals surface area (Å²) in [6.07, 6.45) is 6.30. The lowest BCUT2D eigenvalue weighted by Gasteiger charge is -2.26. The Morgan fingerprint density at radius 3 is 2.78 bits per heavy atom. The van der Waals surface area contributed by atoms with Crippen LogP contribution < -0.4 is 0 Å². The van der Waals surface area contributed by atoms with Crippen molar-refractivity contribution in [2.24, 2.45) is 11.3 Å². The number of amides is 2. The Balaban J connectivity index is 1.42. The summed E-state index contributed by atoms with van der Waals surface area (Å²) in [5.41, 5.74) is -0.181. The van der Waals surface area contributed by atoms with E-state index in [4.69, 9.17) is 0 Å². The highest BCUT2D eigenvalue weighted by Crippen LogP contribution is 2.43. The molecular formula is C18H24N2O2S. The molecule has 0 aromatic carbocycles. The van der Waals surface area contributed by atoms with Gasteiger partial charge in [-0.05, 0) is 55.9 Å². The van der Waals surface area contributed by atoms with Crippen molar-refractivity contribution in [3.05, 3.63) is 22.4 Å². The van der Waals surface area contributed by atoms with Crippen molar-refractivity contribution >= 4 is 23.2 Å². The first-order valence-corrected chi connectivity index (χ1v) is 9.68. The summed E-state index contributed by atoms with van der Waals surface area (Å²) in [6.45, 7) is 3.40. The molecule has 1 aromatic heterocycles. The summed E-state index contributed by atoms with van der Waals surface area (Å²) in [4.78, 5) is 30.4. The van der Waals surface area contributed by atoms with E-state index in [-0.39, 0.29) is 11.3 Å². The molecule has 3 fully saturated rings. The van der Waals surface area contributed by atoms with Gasteiger partial charge in [-0.2, -0.15) is 0 Å². The molecule has 2 aliphatic heterocycles. The molecule has 124 valence electrons. The molecule has 3 heterocycles. The Hall–Kier alpha value is -1.36. The molecule has 1 spiro atoms. The molecule has 1 atom stereocenters. The van der Waals surface area contributed by atoms with Gasteiger partial charge in [-0.3, -0.25) is 9.59 Å². The molecular weight excluding hydrogens is 308 g/mol. The summed E-state index contributed by atoms with van der Waals surface area (Å²) >= 11 is 1.50. The van der Waals surface area contributed by atoms with Crippen LogP contribution in [0.1, 0.15) is 48.2 Å². The lowest BCUT2D eigenvalue weighted by molar-refractivity contribution is -0.136. The fraction of sp³-hybridized carbons (Fsp3) is 0.667. The van der Waals surface area contributed by atoms with E-state index in [1.165, 1.54) is 24.2 Å². The lowest BCUT2D eigenvalue weighted by atomic mass is 9.79. The van der Waals surface area contributed by atoms with Gasteiger partial charge in [-0.25, -0.2) is 0 Å². The maximum atomic E-state index is 12.9. The Bertz CT molecular complexity index is 596. The van der Waals surface area contributed by atoms with E-state index < -0.39 is 0 Å². The van der Waals surface area contributed by atoms with Crippen molar-refractivity contribution in [3.8, 4) is 0 Å². The first kappa shape index (κ1) is 15.2. The zero-order valence-electron chi connectivity index (χ0n) is 13.5. The topological polar surface area (TPSA) is 40.6 Å². The number of thiophene rings is 1. The number of rotatable bonds is 3. The van der Waals surface area contributed by atoms with Crippen molar-refractivity contribution in [3.63, 3.8) is 0 Å². The van der Waals surface area contributed by atoms with E-state index in [2.05, 4.69) is 4.90 Å². The molecule has 2 saturated heterocycles. The van der Waals surface area contributed by atoms with Crippen LogP contribution in [-0.2, 0) is 4.79 Å². The SMILES string of the molecule is O=C(c1cccs1)N1CCCC2(CC1)CCN(CC1CC1)C2=O. The van der Waals surface area contributed by atoms with Crippen molar-refractivity contribution in [2.75, 3.05) is 26.2 Å².